The highest BCUT2D eigenvalue weighted by Crippen LogP contribution is 2.47. The number of hydrogen-bond donors (Lipinski definition) is 0. The lowest BCUT2D eigenvalue weighted by Crippen LogP contribution is -2.25. The van der Waals surface area contributed by atoms with E-state index >= 15 is 0 Å². The maximum Gasteiger partial charge on any atom is 0.119 e. The first-order valence-electron chi connectivity index (χ1n) is 12.7. The van der Waals surface area contributed by atoms with Crippen molar-refractivity contribution in [3.63, 3.8) is 0 Å². The number of aryl methyl sites for hydroxylation is 1. The standard InChI is InChI=1S/C29H33NO2/c1-31-26-14-16-28-24(21-26)11-15-27(22-7-3-2-4-8-22)29(28)23-9-12-25(13-10-23)32-20-19-30-17-5-6-18-30/h2-4,7-10,12-14,16,21,27,29H,5-6,11,15,17-20H2,1H3/t27-,29+/m1/s1/i27D,29D. The smallest absolute Gasteiger partial charge is 0.119 e. The van der Waals surface area contributed by atoms with Crippen LogP contribution in [0, 0.1) is 0 Å². The summed E-state index contributed by atoms with van der Waals surface area (Å²) in [6.45, 7) is 3.95. The number of likely N-dealkylation sites (tertiary alicyclic amines) is 1. The van der Waals surface area contributed by atoms with Gasteiger partial charge in [0.1, 0.15) is 18.1 Å². The zero-order valence-electron chi connectivity index (χ0n) is 20.8. The van der Waals surface area contributed by atoms with Gasteiger partial charge in [-0.05, 0) is 91.2 Å². The Bertz CT molecular complexity index is 1110. The molecule has 0 bridgehead atoms. The Morgan fingerprint density at radius 1 is 0.906 bits per heavy atom. The van der Waals surface area contributed by atoms with Crippen LogP contribution in [0.4, 0.5) is 0 Å². The molecule has 0 N–H and O–H groups in total. The van der Waals surface area contributed by atoms with E-state index < -0.39 is 11.8 Å². The number of benzene rings is 3. The highest BCUT2D eigenvalue weighted by Gasteiger charge is 2.32. The van der Waals surface area contributed by atoms with Gasteiger partial charge in [-0.2, -0.15) is 0 Å². The molecular formula is C29H33NO2. The molecule has 3 aromatic rings. The molecule has 3 heteroatoms. The van der Waals surface area contributed by atoms with Crippen molar-refractivity contribution in [2.75, 3.05) is 33.4 Å². The van der Waals surface area contributed by atoms with Gasteiger partial charge in [0.05, 0.1) is 7.11 Å². The third-order valence-corrected chi connectivity index (χ3v) is 6.67. The molecule has 5 rings (SSSR count). The molecule has 32 heavy (non-hydrogen) atoms. The molecule has 1 heterocycles. The summed E-state index contributed by atoms with van der Waals surface area (Å²) < 4.78 is 31.1. The van der Waals surface area contributed by atoms with Crippen LogP contribution >= 0.6 is 0 Å². The molecule has 1 aliphatic carbocycles. The van der Waals surface area contributed by atoms with Gasteiger partial charge in [-0.15, -0.1) is 0 Å². The van der Waals surface area contributed by atoms with Crippen LogP contribution in [-0.2, 0) is 6.42 Å². The maximum absolute atomic E-state index is 9.91. The summed E-state index contributed by atoms with van der Waals surface area (Å²) in [5.41, 5.74) is 3.64. The quantitative estimate of drug-likeness (QED) is 0.458. The zero-order valence-corrected chi connectivity index (χ0v) is 18.8. The third-order valence-electron chi connectivity index (χ3n) is 6.67. The van der Waals surface area contributed by atoms with Gasteiger partial charge in [0, 0.05) is 15.2 Å². The SMILES string of the molecule is [2H][C@@]1(c2ccc(OCCN3CCCC3)cc2)c2ccc(OC)cc2CC[C@]1([2H])c1ccccc1. The first-order chi connectivity index (χ1) is 16.5. The first kappa shape index (κ1) is 18.8. The molecule has 1 aliphatic heterocycles. The fourth-order valence-corrected chi connectivity index (χ4v) is 4.97. The van der Waals surface area contributed by atoms with Crippen molar-refractivity contribution in [3.05, 3.63) is 95.1 Å². The largest absolute Gasteiger partial charge is 0.497 e. The molecule has 1 saturated heterocycles. The van der Waals surface area contributed by atoms with Gasteiger partial charge in [-0.3, -0.25) is 4.90 Å². The van der Waals surface area contributed by atoms with E-state index in [1.807, 2.05) is 72.8 Å². The highest BCUT2D eigenvalue weighted by atomic mass is 16.5. The van der Waals surface area contributed by atoms with E-state index in [4.69, 9.17) is 9.47 Å². The summed E-state index contributed by atoms with van der Waals surface area (Å²) in [5.74, 6) is -0.774. The number of fused-ring (bicyclic) bond motifs is 1. The van der Waals surface area contributed by atoms with E-state index in [2.05, 4.69) is 4.90 Å². The molecule has 0 unspecified atom stereocenters. The number of nitrogens with zero attached hydrogens (tertiary/aromatic N) is 1. The molecule has 0 saturated carbocycles. The predicted molar refractivity (Wildman–Crippen MR) is 130 cm³/mol. The van der Waals surface area contributed by atoms with E-state index in [1.54, 1.807) is 7.11 Å². The fraction of sp³-hybridized carbons (Fsp3) is 0.379. The molecule has 1 fully saturated rings. The summed E-state index contributed by atoms with van der Waals surface area (Å²) in [4.78, 5) is 2.44. The summed E-state index contributed by atoms with van der Waals surface area (Å²) in [6.07, 6.45) is 3.87. The lowest BCUT2D eigenvalue weighted by Gasteiger charge is -2.35. The van der Waals surface area contributed by atoms with E-state index in [0.29, 0.717) is 13.0 Å². The zero-order chi connectivity index (χ0) is 23.6. The molecule has 3 nitrogen and oxygen atoms in total. The fourth-order valence-electron chi connectivity index (χ4n) is 4.97. The second kappa shape index (κ2) is 9.79. The third kappa shape index (κ3) is 4.54. The Labute approximate surface area is 194 Å². The van der Waals surface area contributed by atoms with E-state index in [9.17, 15) is 2.74 Å². The first-order valence-corrected chi connectivity index (χ1v) is 11.7. The number of hydrogen-bond acceptors (Lipinski definition) is 3. The average molecular weight is 430 g/mol. The molecular weight excluding hydrogens is 394 g/mol. The normalized spacial score (nSPS) is 26.2. The van der Waals surface area contributed by atoms with Gasteiger partial charge in [-0.1, -0.05) is 48.5 Å². The number of methoxy groups -OCH3 is 1. The van der Waals surface area contributed by atoms with Crippen LogP contribution in [0.5, 0.6) is 11.5 Å². The molecule has 3 aromatic carbocycles. The molecule has 2 atom stereocenters. The summed E-state index contributed by atoms with van der Waals surface area (Å²) >= 11 is 0. The molecule has 0 amide bonds. The van der Waals surface area contributed by atoms with Crippen LogP contribution in [-0.4, -0.2) is 38.3 Å². The minimum Gasteiger partial charge on any atom is -0.497 e. The Morgan fingerprint density at radius 2 is 1.66 bits per heavy atom. The predicted octanol–water partition coefficient (Wildman–Crippen LogP) is 6.03. The minimum absolute atomic E-state index is 0.564. The molecule has 2 aliphatic rings. The van der Waals surface area contributed by atoms with Crippen LogP contribution in [0.15, 0.2) is 72.8 Å². The van der Waals surface area contributed by atoms with Crippen molar-refractivity contribution in [3.8, 4) is 11.5 Å². The van der Waals surface area contributed by atoms with Crippen molar-refractivity contribution in [1.82, 2.24) is 4.90 Å². The van der Waals surface area contributed by atoms with Crippen molar-refractivity contribution >= 4 is 0 Å². The van der Waals surface area contributed by atoms with E-state index in [-0.39, 0.29) is 0 Å². The Kier molecular flexibility index (Phi) is 5.74. The monoisotopic (exact) mass is 429 g/mol. The average Bonchev–Trinajstić information content (AvgIpc) is 3.40. The second-order valence-electron chi connectivity index (χ2n) is 8.66. The highest BCUT2D eigenvalue weighted by molar-refractivity contribution is 5.48. The summed E-state index contributed by atoms with van der Waals surface area (Å²) in [5, 5.41) is 0. The summed E-state index contributed by atoms with van der Waals surface area (Å²) in [6, 6.07) is 23.7. The number of rotatable bonds is 7. The van der Waals surface area contributed by atoms with Crippen LogP contribution < -0.4 is 9.47 Å². The van der Waals surface area contributed by atoms with Crippen LogP contribution in [0.3, 0.4) is 0 Å². The Morgan fingerprint density at radius 3 is 2.41 bits per heavy atom. The van der Waals surface area contributed by atoms with Gasteiger partial charge in [0.2, 0.25) is 0 Å². The van der Waals surface area contributed by atoms with E-state index in [0.717, 1.165) is 46.7 Å². The number of ether oxygens (including phenoxy) is 2. The van der Waals surface area contributed by atoms with Crippen molar-refractivity contribution in [2.24, 2.45) is 0 Å². The van der Waals surface area contributed by atoms with Crippen LogP contribution in [0.1, 0.15) is 56.0 Å². The second-order valence-corrected chi connectivity index (χ2v) is 8.66. The van der Waals surface area contributed by atoms with E-state index in [1.165, 1.54) is 25.9 Å². The van der Waals surface area contributed by atoms with Crippen molar-refractivity contribution in [1.29, 1.82) is 0 Å². The summed E-state index contributed by atoms with van der Waals surface area (Å²) in [7, 11) is 1.67. The maximum atomic E-state index is 9.91. The molecule has 0 radical (unpaired) electrons. The molecule has 166 valence electrons. The van der Waals surface area contributed by atoms with Gasteiger partial charge in [0.25, 0.3) is 0 Å². The van der Waals surface area contributed by atoms with Gasteiger partial charge in [0.15, 0.2) is 0 Å². The van der Waals surface area contributed by atoms with Gasteiger partial charge < -0.3 is 9.47 Å². The lowest BCUT2D eigenvalue weighted by molar-refractivity contribution is 0.237. The molecule has 0 spiro atoms. The lowest BCUT2D eigenvalue weighted by atomic mass is 9.69. The molecule has 0 aromatic heterocycles. The van der Waals surface area contributed by atoms with Gasteiger partial charge in [-0.25, -0.2) is 0 Å². The van der Waals surface area contributed by atoms with Gasteiger partial charge >= 0.3 is 0 Å². The van der Waals surface area contributed by atoms with Crippen LogP contribution in [0.25, 0.3) is 0 Å². The Hall–Kier alpha value is -2.78. The van der Waals surface area contributed by atoms with Crippen molar-refractivity contribution < 1.29 is 12.2 Å². The Balaban J connectivity index is 1.49. The topological polar surface area (TPSA) is 21.7 Å². The minimum atomic E-state index is -1.26. The van der Waals surface area contributed by atoms with Crippen molar-refractivity contribution in [2.45, 2.75) is 37.5 Å². The van der Waals surface area contributed by atoms with Crippen LogP contribution in [0.2, 0.25) is 0 Å².